The zero-order valence-electron chi connectivity index (χ0n) is 38.4. The number of fused-ring (bicyclic) bond motifs is 4. The number of nitrogens with two attached hydrogens (primary N) is 2. The Labute approximate surface area is 403 Å². The number of nitrogen functional groups attached to an aromatic ring is 2. The van der Waals surface area contributed by atoms with Crippen LogP contribution in [0.25, 0.3) is 43.9 Å². The summed E-state index contributed by atoms with van der Waals surface area (Å²) in [5.41, 5.74) is 16.4. The first-order chi connectivity index (χ1) is 33.3. The first kappa shape index (κ1) is 49.0. The van der Waals surface area contributed by atoms with E-state index in [4.69, 9.17) is 46.0 Å². The number of ether oxygens (including phenoxy) is 3. The molecule has 0 radical (unpaired) electrons. The lowest BCUT2D eigenvalue weighted by Gasteiger charge is -2.22. The van der Waals surface area contributed by atoms with Crippen molar-refractivity contribution in [1.29, 1.82) is 0 Å². The van der Waals surface area contributed by atoms with Crippen molar-refractivity contribution in [3.63, 3.8) is 0 Å². The largest absolute Gasteiger partial charge is 0.441 e. The van der Waals surface area contributed by atoms with Crippen LogP contribution in [-0.4, -0.2) is 76.7 Å². The van der Waals surface area contributed by atoms with Gasteiger partial charge in [0.15, 0.2) is 22.9 Å². The summed E-state index contributed by atoms with van der Waals surface area (Å²) < 4.78 is 59.8. The molecule has 4 N–H and O–H groups in total. The Morgan fingerprint density at radius 2 is 1.13 bits per heavy atom. The number of imidazole rings is 2. The van der Waals surface area contributed by atoms with Gasteiger partial charge < -0.3 is 43.9 Å². The van der Waals surface area contributed by atoms with Crippen LogP contribution in [-0.2, 0) is 43.0 Å². The van der Waals surface area contributed by atoms with E-state index in [1.807, 2.05) is 103 Å². The maximum Gasteiger partial charge on any atom is 0.361 e. The molecule has 0 aliphatic heterocycles. The molecule has 358 valence electrons. The van der Waals surface area contributed by atoms with Gasteiger partial charge in [0.1, 0.15) is 47.9 Å². The molecule has 9 aromatic rings. The third-order valence-electron chi connectivity index (χ3n) is 11.1. The molecular formula is C49H53ClN10O7P2. The zero-order valence-corrected chi connectivity index (χ0v) is 40.9. The summed E-state index contributed by atoms with van der Waals surface area (Å²) in [5, 5.41) is 4.15. The average Bonchev–Trinajstić information content (AvgIpc) is 3.96. The SMILES string of the molecule is C[C@H](Cn1cnc2c(N)ncnc21)OCP(=O)(Cl)Oc1ccc2ccccc2c1.Cc1ccccc1COCCCP(=O)(CO[C@H](C)Cn1cnc2c(N)ncnc21)Oc1ccc2ccccc2c1. The van der Waals surface area contributed by atoms with E-state index in [1.54, 1.807) is 29.4 Å². The minimum Gasteiger partial charge on any atom is -0.441 e. The van der Waals surface area contributed by atoms with Crippen LogP contribution in [0.1, 0.15) is 31.4 Å². The molecule has 2 unspecified atom stereocenters. The second-order valence-electron chi connectivity index (χ2n) is 16.5. The second-order valence-corrected chi connectivity index (χ2v) is 22.2. The number of rotatable bonds is 20. The second kappa shape index (κ2) is 22.3. The van der Waals surface area contributed by atoms with E-state index in [0.29, 0.717) is 84.3 Å². The first-order valence-electron chi connectivity index (χ1n) is 22.2. The molecule has 0 bridgehead atoms. The number of hydrogen-bond acceptors (Lipinski definition) is 15. The van der Waals surface area contributed by atoms with Gasteiger partial charge in [-0.2, -0.15) is 0 Å². The third kappa shape index (κ3) is 13.0. The van der Waals surface area contributed by atoms with Crippen molar-refractivity contribution in [2.24, 2.45) is 0 Å². The molecule has 69 heavy (non-hydrogen) atoms. The van der Waals surface area contributed by atoms with Crippen molar-refractivity contribution < 1.29 is 32.4 Å². The average molecular weight is 991 g/mol. The number of anilines is 2. The number of nitrogens with zero attached hydrogens (tertiary/aromatic N) is 8. The lowest BCUT2D eigenvalue weighted by molar-refractivity contribution is 0.0825. The van der Waals surface area contributed by atoms with E-state index in [0.717, 1.165) is 27.1 Å². The predicted molar refractivity (Wildman–Crippen MR) is 271 cm³/mol. The van der Waals surface area contributed by atoms with Crippen LogP contribution in [0.2, 0.25) is 0 Å². The van der Waals surface area contributed by atoms with Crippen molar-refractivity contribution in [2.75, 3.05) is 36.9 Å². The topological polar surface area (TPSA) is 220 Å². The van der Waals surface area contributed by atoms with E-state index in [2.05, 4.69) is 49.0 Å². The zero-order chi connectivity index (χ0) is 48.4. The van der Waals surface area contributed by atoms with Crippen LogP contribution < -0.4 is 20.5 Å². The van der Waals surface area contributed by atoms with Gasteiger partial charge >= 0.3 is 6.72 Å². The Kier molecular flexibility index (Phi) is 15.8. The standard InChI is InChI=1S/C30H34N5O4P.C19H19ClN5O3P/c1-22-8-3-4-11-26(22)18-37-14-7-15-40(36,39-27-13-12-24-9-5-6-10-25(24)16-27)21-38-23(2)17-35-20-34-28-29(31)32-19-33-30(28)35;1-13(9-25-11-24-17-18(21)22-10-23-19(17)25)27-12-29(20,26)28-16-7-6-14-4-2-3-5-15(14)8-16/h3-6,8-13,16,19-20,23H,7,14-15,17-18,21H2,1-2H3,(H2,31,32,33);2-8,10-11,13H,9,12H2,1H3,(H2,21,22,23)/t23-,40?;13-,29?/m11/s1. The van der Waals surface area contributed by atoms with Crippen molar-refractivity contribution in [1.82, 2.24) is 39.0 Å². The van der Waals surface area contributed by atoms with Crippen LogP contribution in [0.5, 0.6) is 11.5 Å². The van der Waals surface area contributed by atoms with Crippen LogP contribution in [0.3, 0.4) is 0 Å². The Balaban J connectivity index is 0.000000196. The summed E-state index contributed by atoms with van der Waals surface area (Å²) in [5.74, 6) is 1.64. The van der Waals surface area contributed by atoms with Gasteiger partial charge in [-0.1, -0.05) is 84.9 Å². The lowest BCUT2D eigenvalue weighted by atomic mass is 10.1. The third-order valence-corrected chi connectivity index (χ3v) is 14.6. The Bertz CT molecular complexity index is 3280. The van der Waals surface area contributed by atoms with Gasteiger partial charge in [0.2, 0.25) is 0 Å². The molecule has 9 rings (SSSR count). The minimum absolute atomic E-state index is 0.0253. The number of aromatic nitrogens is 8. The molecule has 5 aromatic carbocycles. The molecule has 0 amide bonds. The molecule has 0 aliphatic rings. The molecule has 0 aliphatic carbocycles. The van der Waals surface area contributed by atoms with E-state index in [1.165, 1.54) is 18.2 Å². The maximum absolute atomic E-state index is 14.1. The number of benzene rings is 5. The van der Waals surface area contributed by atoms with Gasteiger partial charge in [-0.3, -0.25) is 9.13 Å². The normalized spacial score (nSPS) is 14.2. The van der Waals surface area contributed by atoms with E-state index < -0.39 is 14.1 Å². The summed E-state index contributed by atoms with van der Waals surface area (Å²) >= 11 is 6.12. The van der Waals surface area contributed by atoms with Crippen LogP contribution >= 0.6 is 25.3 Å². The molecule has 0 fully saturated rings. The molecule has 0 saturated heterocycles. The van der Waals surface area contributed by atoms with Crippen molar-refractivity contribution in [3.8, 4) is 11.5 Å². The summed E-state index contributed by atoms with van der Waals surface area (Å²) in [4.78, 5) is 24.9. The number of hydrogen-bond donors (Lipinski definition) is 2. The lowest BCUT2D eigenvalue weighted by Crippen LogP contribution is -2.19. The highest BCUT2D eigenvalue weighted by atomic mass is 35.7. The van der Waals surface area contributed by atoms with Crippen molar-refractivity contribution in [2.45, 2.75) is 59.1 Å². The van der Waals surface area contributed by atoms with Crippen LogP contribution in [0.4, 0.5) is 11.6 Å². The monoisotopic (exact) mass is 990 g/mol. The van der Waals surface area contributed by atoms with Gasteiger partial charge in [-0.15, -0.1) is 0 Å². The Morgan fingerprint density at radius 1 is 0.623 bits per heavy atom. The van der Waals surface area contributed by atoms with Crippen molar-refractivity contribution >= 4 is 80.8 Å². The summed E-state index contributed by atoms with van der Waals surface area (Å²) in [7, 11) is -3.21. The van der Waals surface area contributed by atoms with E-state index >= 15 is 0 Å². The fraction of sp³-hybridized carbons (Fsp3) is 0.265. The summed E-state index contributed by atoms with van der Waals surface area (Å²) in [6, 6.07) is 35.1. The Hall–Kier alpha value is -6.45. The van der Waals surface area contributed by atoms with Gasteiger partial charge in [0.25, 0.3) is 7.37 Å². The molecule has 4 aromatic heterocycles. The quantitative estimate of drug-likeness (QED) is 0.0536. The highest BCUT2D eigenvalue weighted by molar-refractivity contribution is 7.85. The Morgan fingerprint density at radius 3 is 1.70 bits per heavy atom. The molecule has 17 nitrogen and oxygen atoms in total. The van der Waals surface area contributed by atoms with Crippen molar-refractivity contribution in [3.05, 3.63) is 146 Å². The number of aryl methyl sites for hydroxylation is 1. The predicted octanol–water partition coefficient (Wildman–Crippen LogP) is 10.6. The highest BCUT2D eigenvalue weighted by Gasteiger charge is 2.27. The molecule has 20 heteroatoms. The minimum atomic E-state index is -3.51. The maximum atomic E-state index is 14.1. The van der Waals surface area contributed by atoms with E-state index in [-0.39, 0.29) is 24.9 Å². The van der Waals surface area contributed by atoms with Gasteiger partial charge in [0.05, 0.1) is 44.6 Å². The molecule has 0 saturated carbocycles. The van der Waals surface area contributed by atoms with Gasteiger partial charge in [0, 0.05) is 12.8 Å². The van der Waals surface area contributed by atoms with Gasteiger partial charge in [-0.05, 0) is 95.4 Å². The highest BCUT2D eigenvalue weighted by Crippen LogP contribution is 2.53. The molecule has 4 atom stereocenters. The first-order valence-corrected chi connectivity index (χ1v) is 26.9. The van der Waals surface area contributed by atoms with Gasteiger partial charge in [-0.25, -0.2) is 29.9 Å². The summed E-state index contributed by atoms with van der Waals surface area (Å²) in [6.07, 6.45) is 6.13. The van der Waals surface area contributed by atoms with Crippen LogP contribution in [0.15, 0.2) is 135 Å². The van der Waals surface area contributed by atoms with Crippen LogP contribution in [0, 0.1) is 6.92 Å². The fourth-order valence-corrected chi connectivity index (χ4v) is 10.7. The molecular weight excluding hydrogens is 938 g/mol. The smallest absolute Gasteiger partial charge is 0.361 e. The fourth-order valence-electron chi connectivity index (χ4n) is 7.50. The molecule has 4 heterocycles. The summed E-state index contributed by atoms with van der Waals surface area (Å²) in [6.45, 7) is 4.19. The molecule has 0 spiro atoms. The number of halogens is 1. The van der Waals surface area contributed by atoms with E-state index in [9.17, 15) is 9.13 Å².